The highest BCUT2D eigenvalue weighted by molar-refractivity contribution is 9.11. The number of nitrogens with one attached hydrogen (secondary N) is 2. The van der Waals surface area contributed by atoms with Crippen molar-refractivity contribution in [3.05, 3.63) is 39.3 Å². The van der Waals surface area contributed by atoms with Crippen molar-refractivity contribution in [2.75, 3.05) is 36.4 Å². The Hall–Kier alpha value is -1.97. The molecule has 3 aromatic rings. The Morgan fingerprint density at radius 3 is 3.04 bits per heavy atom. The summed E-state index contributed by atoms with van der Waals surface area (Å²) >= 11 is 4.97. The summed E-state index contributed by atoms with van der Waals surface area (Å²) in [6.07, 6.45) is 2.81. The van der Waals surface area contributed by atoms with Gasteiger partial charge in [0.05, 0.1) is 21.2 Å². The quantitative estimate of drug-likeness (QED) is 0.680. The fraction of sp³-hybridized carbons (Fsp3) is 0.312. The molecule has 0 aromatic carbocycles. The van der Waals surface area contributed by atoms with Gasteiger partial charge >= 0.3 is 0 Å². The number of hydrogen-bond acceptors (Lipinski definition) is 6. The highest BCUT2D eigenvalue weighted by Gasteiger charge is 2.17. The van der Waals surface area contributed by atoms with Crippen molar-refractivity contribution in [1.29, 1.82) is 0 Å². The van der Waals surface area contributed by atoms with Crippen molar-refractivity contribution in [3.63, 3.8) is 0 Å². The molecule has 0 spiro atoms. The minimum absolute atomic E-state index is 0.193. The first kappa shape index (κ1) is 16.5. The Kier molecular flexibility index (Phi) is 4.69. The number of nitrogens with zero attached hydrogens (tertiary/aromatic N) is 4. The highest BCUT2D eigenvalue weighted by atomic mass is 79.9. The lowest BCUT2D eigenvalue weighted by Crippen LogP contribution is -2.30. The van der Waals surface area contributed by atoms with Crippen LogP contribution in [0.4, 0.5) is 11.6 Å². The van der Waals surface area contributed by atoms with Crippen LogP contribution in [0.15, 0.2) is 33.6 Å². The number of amides is 1. The largest absolute Gasteiger partial charge is 0.338 e. The maximum absolute atomic E-state index is 12.6. The van der Waals surface area contributed by atoms with Crippen LogP contribution in [0.25, 0.3) is 5.52 Å². The molecule has 0 bridgehead atoms. The smallest absolute Gasteiger partial charge is 0.274 e. The van der Waals surface area contributed by atoms with Gasteiger partial charge in [0.2, 0.25) is 5.95 Å². The van der Waals surface area contributed by atoms with Crippen molar-refractivity contribution in [1.82, 2.24) is 19.9 Å². The first-order valence-electron chi connectivity index (χ1n) is 8.07. The molecule has 0 aliphatic carbocycles. The lowest BCUT2D eigenvalue weighted by molar-refractivity contribution is 0.102. The third-order valence-electron chi connectivity index (χ3n) is 4.11. The Labute approximate surface area is 157 Å². The standard InChI is InChI=1S/C16H17BrN6OS/c17-14-12(4-9-25-14)20-15(24)13-3-2-11-10-19-16(21-23(11)13)22-7-1-5-18-6-8-22/h2-4,9-10,18H,1,5-8H2,(H,20,24). The number of thiophene rings is 1. The summed E-state index contributed by atoms with van der Waals surface area (Å²) in [6.45, 7) is 3.68. The van der Waals surface area contributed by atoms with E-state index in [1.807, 2.05) is 17.5 Å². The van der Waals surface area contributed by atoms with E-state index in [4.69, 9.17) is 0 Å². The molecule has 4 heterocycles. The summed E-state index contributed by atoms with van der Waals surface area (Å²) in [5, 5.41) is 12.8. The number of aromatic nitrogens is 3. The van der Waals surface area contributed by atoms with Gasteiger partial charge in [-0.25, -0.2) is 9.50 Å². The van der Waals surface area contributed by atoms with Crippen molar-refractivity contribution in [3.8, 4) is 0 Å². The fourth-order valence-electron chi connectivity index (χ4n) is 2.82. The summed E-state index contributed by atoms with van der Waals surface area (Å²) in [5.41, 5.74) is 2.05. The summed E-state index contributed by atoms with van der Waals surface area (Å²) in [4.78, 5) is 19.3. The second-order valence-corrected chi connectivity index (χ2v) is 8.00. The molecule has 7 nitrogen and oxygen atoms in total. The molecule has 0 radical (unpaired) electrons. The number of anilines is 2. The molecule has 1 aliphatic heterocycles. The average Bonchev–Trinajstić information content (AvgIpc) is 3.11. The van der Waals surface area contributed by atoms with Crippen molar-refractivity contribution in [2.45, 2.75) is 6.42 Å². The van der Waals surface area contributed by atoms with Crippen LogP contribution in [-0.4, -0.2) is 46.7 Å². The Bertz CT molecular complexity index is 899. The predicted molar refractivity (Wildman–Crippen MR) is 103 cm³/mol. The minimum Gasteiger partial charge on any atom is -0.338 e. The van der Waals surface area contributed by atoms with E-state index >= 15 is 0 Å². The summed E-state index contributed by atoms with van der Waals surface area (Å²) < 4.78 is 2.56. The van der Waals surface area contributed by atoms with Crippen LogP contribution < -0.4 is 15.5 Å². The Morgan fingerprint density at radius 1 is 1.28 bits per heavy atom. The van der Waals surface area contributed by atoms with Gasteiger partial charge in [-0.1, -0.05) is 0 Å². The van der Waals surface area contributed by atoms with E-state index in [0.717, 1.165) is 47.6 Å². The summed E-state index contributed by atoms with van der Waals surface area (Å²) in [6, 6.07) is 5.49. The van der Waals surface area contributed by atoms with E-state index in [1.165, 1.54) is 11.3 Å². The molecule has 9 heteroatoms. The number of carbonyl (C=O) groups is 1. The molecule has 25 heavy (non-hydrogen) atoms. The number of halogens is 1. The normalized spacial score (nSPS) is 15.3. The SMILES string of the molecule is O=C(Nc1ccsc1Br)c1ccc2cnc(N3CCCNCC3)nn12. The van der Waals surface area contributed by atoms with Crippen LogP contribution in [0.3, 0.4) is 0 Å². The van der Waals surface area contributed by atoms with Crippen LogP contribution in [0, 0.1) is 0 Å². The van der Waals surface area contributed by atoms with Gasteiger partial charge in [-0.2, -0.15) is 0 Å². The van der Waals surface area contributed by atoms with Crippen LogP contribution in [-0.2, 0) is 0 Å². The van der Waals surface area contributed by atoms with Gasteiger partial charge in [0.1, 0.15) is 5.69 Å². The zero-order valence-electron chi connectivity index (χ0n) is 13.4. The third-order valence-corrected chi connectivity index (χ3v) is 5.80. The molecular formula is C16H17BrN6OS. The average molecular weight is 421 g/mol. The highest BCUT2D eigenvalue weighted by Crippen LogP contribution is 2.28. The van der Waals surface area contributed by atoms with Gasteiger partial charge in [-0.15, -0.1) is 16.4 Å². The van der Waals surface area contributed by atoms with Crippen molar-refractivity contribution >= 4 is 50.3 Å². The van der Waals surface area contributed by atoms with E-state index < -0.39 is 0 Å². The van der Waals surface area contributed by atoms with E-state index in [-0.39, 0.29) is 5.91 Å². The number of fused-ring (bicyclic) bond motifs is 1. The van der Waals surface area contributed by atoms with E-state index in [1.54, 1.807) is 16.8 Å². The molecule has 1 aliphatic rings. The van der Waals surface area contributed by atoms with Gasteiger partial charge in [0.25, 0.3) is 5.91 Å². The molecule has 0 unspecified atom stereocenters. The van der Waals surface area contributed by atoms with Gasteiger partial charge in [-0.05, 0) is 52.5 Å². The molecule has 0 atom stereocenters. The molecule has 3 aromatic heterocycles. The summed E-state index contributed by atoms with van der Waals surface area (Å²) in [5.74, 6) is 0.458. The molecule has 4 rings (SSSR count). The zero-order chi connectivity index (χ0) is 17.2. The monoisotopic (exact) mass is 420 g/mol. The summed E-state index contributed by atoms with van der Waals surface area (Å²) in [7, 11) is 0. The van der Waals surface area contributed by atoms with Crippen molar-refractivity contribution in [2.24, 2.45) is 0 Å². The molecule has 1 fully saturated rings. The zero-order valence-corrected chi connectivity index (χ0v) is 15.8. The van der Waals surface area contributed by atoms with E-state index in [2.05, 4.69) is 41.5 Å². The molecule has 1 amide bonds. The van der Waals surface area contributed by atoms with Crippen molar-refractivity contribution < 1.29 is 4.79 Å². The van der Waals surface area contributed by atoms with Crippen LogP contribution in [0.5, 0.6) is 0 Å². The minimum atomic E-state index is -0.193. The van der Waals surface area contributed by atoms with Gasteiger partial charge < -0.3 is 15.5 Å². The maximum Gasteiger partial charge on any atom is 0.274 e. The lowest BCUT2D eigenvalue weighted by atomic mass is 10.4. The fourth-order valence-corrected chi connectivity index (χ4v) is 3.95. The van der Waals surface area contributed by atoms with E-state index in [0.29, 0.717) is 11.6 Å². The number of carbonyl (C=O) groups excluding carboxylic acids is 1. The second-order valence-electron chi connectivity index (χ2n) is 5.77. The maximum atomic E-state index is 12.6. The van der Waals surface area contributed by atoms with Gasteiger partial charge in [-0.3, -0.25) is 4.79 Å². The Balaban J connectivity index is 1.64. The van der Waals surface area contributed by atoms with Crippen LogP contribution >= 0.6 is 27.3 Å². The third kappa shape index (κ3) is 3.39. The van der Waals surface area contributed by atoms with Gasteiger partial charge in [0.15, 0.2) is 0 Å². The first-order valence-corrected chi connectivity index (χ1v) is 9.74. The molecule has 2 N–H and O–H groups in total. The predicted octanol–water partition coefficient (Wildman–Crippen LogP) is 2.61. The Morgan fingerprint density at radius 2 is 2.20 bits per heavy atom. The first-order chi connectivity index (χ1) is 12.2. The topological polar surface area (TPSA) is 74.6 Å². The number of rotatable bonds is 3. The lowest BCUT2D eigenvalue weighted by Gasteiger charge is -2.19. The van der Waals surface area contributed by atoms with E-state index in [9.17, 15) is 4.79 Å². The van der Waals surface area contributed by atoms with Gasteiger partial charge in [0, 0.05) is 19.6 Å². The van der Waals surface area contributed by atoms with Crippen LogP contribution in [0.2, 0.25) is 0 Å². The second kappa shape index (κ2) is 7.11. The molecular weight excluding hydrogens is 404 g/mol. The van der Waals surface area contributed by atoms with Crippen LogP contribution in [0.1, 0.15) is 16.9 Å². The molecule has 0 saturated carbocycles. The number of hydrogen-bond donors (Lipinski definition) is 2. The molecule has 1 saturated heterocycles. The molecule has 130 valence electrons.